The summed E-state index contributed by atoms with van der Waals surface area (Å²) >= 11 is 0. The molecule has 0 heterocycles. The summed E-state index contributed by atoms with van der Waals surface area (Å²) in [7, 11) is 2.90. The van der Waals surface area contributed by atoms with Gasteiger partial charge in [-0.3, -0.25) is 9.59 Å². The van der Waals surface area contributed by atoms with Crippen LogP contribution in [0.1, 0.15) is 0 Å². The summed E-state index contributed by atoms with van der Waals surface area (Å²) in [6, 6.07) is 0. The van der Waals surface area contributed by atoms with Gasteiger partial charge in [0.15, 0.2) is 0 Å². The van der Waals surface area contributed by atoms with Crippen molar-refractivity contribution < 1.29 is 19.1 Å². The van der Waals surface area contributed by atoms with Crippen molar-refractivity contribution in [3.63, 3.8) is 0 Å². The van der Waals surface area contributed by atoms with Crippen LogP contribution in [-0.2, 0) is 19.1 Å². The molecule has 0 spiro atoms. The van der Waals surface area contributed by atoms with E-state index in [4.69, 9.17) is 9.47 Å². The SMILES string of the molecule is COC(=O)C1[C@@H]2C3C4[C@H]2C(C(=O)OC)[C@@H]4[C@H]13. The first-order chi connectivity index (χ1) is 7.72. The maximum atomic E-state index is 11.6. The smallest absolute Gasteiger partial charge is 0.309 e. The van der Waals surface area contributed by atoms with E-state index in [9.17, 15) is 9.59 Å². The summed E-state index contributed by atoms with van der Waals surface area (Å²) < 4.78 is 9.68. The quantitative estimate of drug-likeness (QED) is 0.631. The molecular weight excluding hydrogens is 208 g/mol. The summed E-state index contributed by atoms with van der Waals surface area (Å²) in [5.74, 6) is 3.23. The average Bonchev–Trinajstić information content (AvgIpc) is 2.32. The Labute approximate surface area is 93.3 Å². The van der Waals surface area contributed by atoms with E-state index in [2.05, 4.69) is 0 Å². The zero-order chi connectivity index (χ0) is 11.2. The number of rotatable bonds is 2. The fourth-order valence-corrected chi connectivity index (χ4v) is 5.31. The van der Waals surface area contributed by atoms with E-state index in [1.54, 1.807) is 0 Å². The van der Waals surface area contributed by atoms with Crippen molar-refractivity contribution in [2.75, 3.05) is 14.2 Å². The number of ether oxygens (including phenoxy) is 2. The predicted molar refractivity (Wildman–Crippen MR) is 52.0 cm³/mol. The van der Waals surface area contributed by atoms with Crippen LogP contribution in [-0.4, -0.2) is 26.2 Å². The van der Waals surface area contributed by atoms with Gasteiger partial charge in [-0.1, -0.05) is 0 Å². The van der Waals surface area contributed by atoms with Crippen LogP contribution in [0.25, 0.3) is 0 Å². The maximum Gasteiger partial charge on any atom is 0.309 e. The molecule has 0 radical (unpaired) electrons. The van der Waals surface area contributed by atoms with E-state index < -0.39 is 0 Å². The first-order valence-corrected chi connectivity index (χ1v) is 5.88. The molecule has 4 aliphatic carbocycles. The van der Waals surface area contributed by atoms with E-state index in [0.717, 1.165) is 11.8 Å². The summed E-state index contributed by atoms with van der Waals surface area (Å²) in [4.78, 5) is 23.2. The van der Waals surface area contributed by atoms with Crippen LogP contribution in [0.5, 0.6) is 0 Å². The number of hydrogen-bond acceptors (Lipinski definition) is 4. The molecule has 4 rings (SSSR count). The minimum Gasteiger partial charge on any atom is -0.469 e. The van der Waals surface area contributed by atoms with Crippen molar-refractivity contribution in [3.8, 4) is 0 Å². The van der Waals surface area contributed by atoms with Crippen LogP contribution in [0, 0.1) is 47.3 Å². The molecule has 4 fully saturated rings. The Bertz CT molecular complexity index is 346. The highest BCUT2D eigenvalue weighted by atomic mass is 16.5. The van der Waals surface area contributed by atoms with Crippen molar-refractivity contribution in [2.24, 2.45) is 47.3 Å². The van der Waals surface area contributed by atoms with E-state index in [1.807, 2.05) is 0 Å². The topological polar surface area (TPSA) is 52.6 Å². The lowest BCUT2D eigenvalue weighted by Gasteiger charge is -2.88. The van der Waals surface area contributed by atoms with Gasteiger partial charge in [-0.05, 0) is 35.5 Å². The lowest BCUT2D eigenvalue weighted by Crippen LogP contribution is -2.89. The third-order valence-electron chi connectivity index (χ3n) is 5.72. The molecule has 4 unspecified atom stereocenters. The number of esters is 2. The third kappa shape index (κ3) is 0.611. The van der Waals surface area contributed by atoms with Gasteiger partial charge >= 0.3 is 11.9 Å². The van der Waals surface area contributed by atoms with E-state index >= 15 is 0 Å². The number of carbonyl (C=O) groups excluding carboxylic acids is 2. The molecule has 0 saturated heterocycles. The predicted octanol–water partition coefficient (Wildman–Crippen LogP) is 0.316. The first kappa shape index (κ1) is 9.02. The Balaban J connectivity index is 1.58. The van der Waals surface area contributed by atoms with Gasteiger partial charge in [0.05, 0.1) is 26.1 Å². The summed E-state index contributed by atoms with van der Waals surface area (Å²) in [6.45, 7) is 0. The van der Waals surface area contributed by atoms with Gasteiger partial charge in [0, 0.05) is 0 Å². The second kappa shape index (κ2) is 2.44. The molecule has 86 valence electrons. The zero-order valence-corrected chi connectivity index (χ0v) is 9.25. The molecule has 0 aliphatic heterocycles. The molecule has 0 aromatic heterocycles. The minimum absolute atomic E-state index is 0.0669. The molecule has 0 amide bonds. The number of methoxy groups -OCH3 is 2. The Morgan fingerprint density at radius 3 is 1.25 bits per heavy atom. The van der Waals surface area contributed by atoms with Crippen LogP contribution in [0.3, 0.4) is 0 Å². The van der Waals surface area contributed by atoms with Gasteiger partial charge in [0.25, 0.3) is 0 Å². The second-order valence-corrected chi connectivity index (χ2v) is 5.56. The fourth-order valence-electron chi connectivity index (χ4n) is 5.31. The fraction of sp³-hybridized carbons (Fsp3) is 0.833. The van der Waals surface area contributed by atoms with Gasteiger partial charge < -0.3 is 9.47 Å². The molecule has 0 aromatic carbocycles. The van der Waals surface area contributed by atoms with Crippen molar-refractivity contribution in [1.29, 1.82) is 0 Å². The molecule has 4 heteroatoms. The lowest BCUT2D eigenvalue weighted by molar-refractivity contribution is -0.422. The number of carbonyl (C=O) groups is 2. The Hall–Kier alpha value is -1.06. The average molecular weight is 222 g/mol. The van der Waals surface area contributed by atoms with Crippen LogP contribution in [0.2, 0.25) is 0 Å². The zero-order valence-electron chi connectivity index (χ0n) is 9.25. The second-order valence-electron chi connectivity index (χ2n) is 5.56. The Kier molecular flexibility index (Phi) is 1.37. The molecule has 4 saturated carbocycles. The van der Waals surface area contributed by atoms with Crippen LogP contribution in [0.15, 0.2) is 0 Å². The Morgan fingerprint density at radius 1 is 0.688 bits per heavy atom. The third-order valence-corrected chi connectivity index (χ3v) is 5.72. The summed E-state index contributed by atoms with van der Waals surface area (Å²) in [5, 5.41) is 0. The largest absolute Gasteiger partial charge is 0.469 e. The molecular formula is C12H14O4. The lowest BCUT2D eigenvalue weighted by atomic mass is 9.14. The molecule has 0 N–H and O–H groups in total. The molecule has 4 nitrogen and oxygen atoms in total. The van der Waals surface area contributed by atoms with E-state index in [0.29, 0.717) is 23.7 Å². The monoisotopic (exact) mass is 222 g/mol. The highest BCUT2D eigenvalue weighted by Crippen LogP contribution is 2.88. The normalized spacial score (nSPS) is 57.9. The first-order valence-electron chi connectivity index (χ1n) is 5.88. The van der Waals surface area contributed by atoms with Gasteiger partial charge in [-0.25, -0.2) is 0 Å². The van der Waals surface area contributed by atoms with Crippen LogP contribution < -0.4 is 0 Å². The Morgan fingerprint density at radius 2 is 1.00 bits per heavy atom. The molecule has 0 bridgehead atoms. The molecule has 0 aromatic rings. The summed E-state index contributed by atoms with van der Waals surface area (Å²) in [6.07, 6.45) is 0. The number of hydrogen-bond donors (Lipinski definition) is 0. The van der Waals surface area contributed by atoms with Crippen molar-refractivity contribution >= 4 is 11.9 Å². The van der Waals surface area contributed by atoms with E-state index in [1.165, 1.54) is 14.2 Å². The minimum atomic E-state index is -0.0669. The van der Waals surface area contributed by atoms with Crippen LogP contribution in [0.4, 0.5) is 0 Å². The van der Waals surface area contributed by atoms with Gasteiger partial charge in [0.1, 0.15) is 0 Å². The van der Waals surface area contributed by atoms with Crippen molar-refractivity contribution in [3.05, 3.63) is 0 Å². The highest BCUT2D eigenvalue weighted by Gasteiger charge is 2.89. The molecule has 4 aliphatic rings. The van der Waals surface area contributed by atoms with Crippen molar-refractivity contribution in [2.45, 2.75) is 0 Å². The van der Waals surface area contributed by atoms with Crippen LogP contribution >= 0.6 is 0 Å². The van der Waals surface area contributed by atoms with Crippen molar-refractivity contribution in [1.82, 2.24) is 0 Å². The standard InChI is InChI=1S/C12H14O4/c1-15-11(13)9-5-3-4-7(5)10(12(14)16-2)8(4)6(3)9/h3-10H,1-2H3/t3?,4?,5-,6-,7-,8+,9?,10?/m1/s1. The highest BCUT2D eigenvalue weighted by molar-refractivity contribution is 5.81. The molecule has 16 heavy (non-hydrogen) atoms. The van der Waals surface area contributed by atoms with E-state index in [-0.39, 0.29) is 23.8 Å². The maximum absolute atomic E-state index is 11.6. The molecule has 8 atom stereocenters. The van der Waals surface area contributed by atoms with Gasteiger partial charge in [-0.2, -0.15) is 0 Å². The van der Waals surface area contributed by atoms with Gasteiger partial charge in [-0.15, -0.1) is 0 Å². The summed E-state index contributed by atoms with van der Waals surface area (Å²) in [5.41, 5.74) is 0. The number of fused-ring (bicyclic) bond motifs is 2. The van der Waals surface area contributed by atoms with Gasteiger partial charge in [0.2, 0.25) is 0 Å².